The Morgan fingerprint density at radius 2 is 1.93 bits per heavy atom. The third-order valence-corrected chi connectivity index (χ3v) is 4.43. The molecule has 2 aromatic rings. The van der Waals surface area contributed by atoms with E-state index in [4.69, 9.17) is 4.74 Å². The molecule has 10 heteroatoms. The molecule has 0 aromatic heterocycles. The summed E-state index contributed by atoms with van der Waals surface area (Å²) in [7, 11) is 1.56. The van der Waals surface area contributed by atoms with Crippen molar-refractivity contribution in [3.8, 4) is 5.75 Å². The van der Waals surface area contributed by atoms with Crippen LogP contribution in [-0.2, 0) is 9.59 Å². The molecule has 0 aliphatic heterocycles. The van der Waals surface area contributed by atoms with Gasteiger partial charge < -0.3 is 30.6 Å². The minimum Gasteiger partial charge on any atom is -0.544 e. The first kappa shape index (κ1) is 22.6. The number of nitrogens with two attached hydrogens (primary N) is 1. The molecule has 0 fully saturated rings. The Bertz CT molecular complexity index is 918. The highest BCUT2D eigenvalue weighted by atomic mass is 16.6. The predicted molar refractivity (Wildman–Crippen MR) is 108 cm³/mol. The Morgan fingerprint density at radius 3 is 2.60 bits per heavy atom. The summed E-state index contributed by atoms with van der Waals surface area (Å²) in [5, 5.41) is 29.5. The maximum absolute atomic E-state index is 12.3. The molecule has 0 aliphatic rings. The minimum atomic E-state index is -1.36. The number of nitro groups is 1. The number of anilines is 2. The monoisotopic (exact) mass is 416 g/mol. The van der Waals surface area contributed by atoms with Crippen LogP contribution in [0.5, 0.6) is 5.75 Å². The van der Waals surface area contributed by atoms with Crippen LogP contribution in [0.15, 0.2) is 42.5 Å². The Balaban J connectivity index is 1.89. The van der Waals surface area contributed by atoms with Crippen molar-refractivity contribution in [2.24, 2.45) is 0 Å². The lowest BCUT2D eigenvalue weighted by molar-refractivity contribution is -0.680. The Kier molecular flexibility index (Phi) is 8.12. The molecule has 0 saturated carbocycles. The van der Waals surface area contributed by atoms with Gasteiger partial charge in [0.05, 0.1) is 48.9 Å². The second kappa shape index (κ2) is 10.8. The fourth-order valence-electron chi connectivity index (χ4n) is 2.80. The third-order valence-electron chi connectivity index (χ3n) is 4.43. The molecule has 0 heterocycles. The number of aryl methyl sites for hydroxylation is 1. The third kappa shape index (κ3) is 6.45. The summed E-state index contributed by atoms with van der Waals surface area (Å²) in [5.74, 6) is -1.26. The number of nitro benzene ring substituents is 1. The van der Waals surface area contributed by atoms with Gasteiger partial charge in [0.2, 0.25) is 5.91 Å². The number of ether oxygens (including phenoxy) is 1. The van der Waals surface area contributed by atoms with Crippen LogP contribution in [0.2, 0.25) is 0 Å². The van der Waals surface area contributed by atoms with Gasteiger partial charge >= 0.3 is 0 Å². The first-order valence-corrected chi connectivity index (χ1v) is 9.27. The summed E-state index contributed by atoms with van der Waals surface area (Å²) in [6.45, 7) is 2.50. The van der Waals surface area contributed by atoms with E-state index in [-0.39, 0.29) is 17.8 Å². The number of carbonyl (C=O) groups is 2. The lowest BCUT2D eigenvalue weighted by Crippen LogP contribution is -2.94. The highest BCUT2D eigenvalue weighted by Crippen LogP contribution is 2.23. The SMILES string of the molecule is COc1ccccc1NCC[NH2+][C@H](CC(=O)Nc1cc([N+](=O)[O-])ccc1C)C(=O)[O-]. The van der Waals surface area contributed by atoms with E-state index in [1.807, 2.05) is 18.2 Å². The van der Waals surface area contributed by atoms with E-state index in [1.54, 1.807) is 20.1 Å². The average Bonchev–Trinajstić information content (AvgIpc) is 2.71. The van der Waals surface area contributed by atoms with Gasteiger partial charge in [0.15, 0.2) is 0 Å². The number of hydrogen-bond donors (Lipinski definition) is 3. The van der Waals surface area contributed by atoms with E-state index < -0.39 is 22.8 Å². The van der Waals surface area contributed by atoms with Crippen LogP contribution in [0, 0.1) is 17.0 Å². The number of carboxylic acid groups (broad SMARTS) is 1. The summed E-state index contributed by atoms with van der Waals surface area (Å²) >= 11 is 0. The fraction of sp³-hybridized carbons (Fsp3) is 0.300. The lowest BCUT2D eigenvalue weighted by atomic mass is 10.1. The quantitative estimate of drug-likeness (QED) is 0.266. The van der Waals surface area contributed by atoms with E-state index in [9.17, 15) is 24.8 Å². The number of nitrogens with one attached hydrogen (secondary N) is 2. The molecule has 0 bridgehead atoms. The zero-order valence-electron chi connectivity index (χ0n) is 16.7. The molecule has 0 spiro atoms. The zero-order chi connectivity index (χ0) is 22.1. The fourth-order valence-corrected chi connectivity index (χ4v) is 2.80. The summed E-state index contributed by atoms with van der Waals surface area (Å²) in [5.41, 5.74) is 1.51. The van der Waals surface area contributed by atoms with Crippen LogP contribution < -0.4 is 25.8 Å². The number of non-ortho nitro benzene ring substituents is 1. The van der Waals surface area contributed by atoms with Crippen LogP contribution in [0.3, 0.4) is 0 Å². The second-order valence-electron chi connectivity index (χ2n) is 6.59. The van der Waals surface area contributed by atoms with E-state index in [0.717, 1.165) is 5.69 Å². The number of amides is 1. The van der Waals surface area contributed by atoms with Gasteiger partial charge in [0.25, 0.3) is 5.69 Å². The second-order valence-corrected chi connectivity index (χ2v) is 6.59. The van der Waals surface area contributed by atoms with Gasteiger partial charge in [-0.05, 0) is 24.6 Å². The predicted octanol–water partition coefficient (Wildman–Crippen LogP) is 0.0344. The number of quaternary nitrogens is 1. The summed E-state index contributed by atoms with van der Waals surface area (Å²) in [6.07, 6.45) is -0.334. The number of nitrogens with zero attached hydrogens (tertiary/aromatic N) is 1. The highest BCUT2D eigenvalue weighted by molar-refractivity contribution is 5.94. The maximum atomic E-state index is 12.3. The van der Waals surface area contributed by atoms with Crippen LogP contribution >= 0.6 is 0 Å². The van der Waals surface area contributed by atoms with Gasteiger partial charge in [0.1, 0.15) is 11.8 Å². The van der Waals surface area contributed by atoms with Gasteiger partial charge in [-0.2, -0.15) is 0 Å². The smallest absolute Gasteiger partial charge is 0.271 e. The molecule has 1 amide bonds. The number of rotatable bonds is 11. The molecule has 160 valence electrons. The van der Waals surface area contributed by atoms with Crippen molar-refractivity contribution in [2.75, 3.05) is 30.8 Å². The van der Waals surface area contributed by atoms with Crippen LogP contribution in [0.4, 0.5) is 17.1 Å². The van der Waals surface area contributed by atoms with Gasteiger partial charge in [-0.25, -0.2) is 0 Å². The number of benzene rings is 2. The first-order valence-electron chi connectivity index (χ1n) is 9.27. The zero-order valence-corrected chi connectivity index (χ0v) is 16.7. The first-order chi connectivity index (χ1) is 14.3. The standard InChI is InChI=1S/C20H24N4O6/c1-13-7-8-14(24(28)29)11-16(13)23-19(25)12-17(20(26)27)22-10-9-21-15-5-3-4-6-18(15)30-2/h3-8,11,17,21-22H,9-10,12H2,1-2H3,(H,23,25)(H,26,27)/t17-/m1/s1. The van der Waals surface area contributed by atoms with Crippen molar-refractivity contribution in [2.45, 2.75) is 19.4 Å². The lowest BCUT2D eigenvalue weighted by Gasteiger charge is -2.17. The van der Waals surface area contributed by atoms with Crippen LogP contribution in [0.1, 0.15) is 12.0 Å². The molecule has 4 N–H and O–H groups in total. The molecule has 0 unspecified atom stereocenters. The van der Waals surface area contributed by atoms with E-state index in [1.165, 1.54) is 23.5 Å². The van der Waals surface area contributed by atoms with Crippen molar-refractivity contribution in [3.63, 3.8) is 0 Å². The number of aliphatic carboxylic acids is 1. The van der Waals surface area contributed by atoms with Crippen molar-refractivity contribution in [1.29, 1.82) is 0 Å². The topological polar surface area (TPSA) is 150 Å². The molecule has 0 aliphatic carbocycles. The largest absolute Gasteiger partial charge is 0.544 e. The van der Waals surface area contributed by atoms with Gasteiger partial charge in [-0.1, -0.05) is 18.2 Å². The molecule has 1 atom stereocenters. The molecule has 0 radical (unpaired) electrons. The number of carboxylic acids is 1. The maximum Gasteiger partial charge on any atom is 0.271 e. The number of methoxy groups -OCH3 is 1. The van der Waals surface area contributed by atoms with Gasteiger partial charge in [-0.3, -0.25) is 14.9 Å². The molecule has 0 saturated heterocycles. The van der Waals surface area contributed by atoms with Crippen molar-refractivity contribution in [3.05, 3.63) is 58.1 Å². The Hall–Kier alpha value is -3.66. The van der Waals surface area contributed by atoms with E-state index in [2.05, 4.69) is 10.6 Å². The van der Waals surface area contributed by atoms with Crippen molar-refractivity contribution in [1.82, 2.24) is 0 Å². The Labute approximate surface area is 173 Å². The minimum absolute atomic E-state index is 0.165. The number of para-hydroxylation sites is 2. The van der Waals surface area contributed by atoms with Crippen LogP contribution in [0.25, 0.3) is 0 Å². The van der Waals surface area contributed by atoms with Gasteiger partial charge in [0, 0.05) is 12.1 Å². The number of carbonyl (C=O) groups excluding carboxylic acids is 2. The molecular weight excluding hydrogens is 392 g/mol. The van der Waals surface area contributed by atoms with Gasteiger partial charge in [-0.15, -0.1) is 0 Å². The highest BCUT2D eigenvalue weighted by Gasteiger charge is 2.19. The molecule has 10 nitrogen and oxygen atoms in total. The van der Waals surface area contributed by atoms with Crippen molar-refractivity contribution >= 4 is 28.9 Å². The Morgan fingerprint density at radius 1 is 1.20 bits per heavy atom. The molecular formula is C20H24N4O6. The summed E-state index contributed by atoms with van der Waals surface area (Å²) in [4.78, 5) is 34.0. The number of hydrogen-bond acceptors (Lipinski definition) is 7. The average molecular weight is 416 g/mol. The van der Waals surface area contributed by atoms with E-state index in [0.29, 0.717) is 24.4 Å². The van der Waals surface area contributed by atoms with Crippen molar-refractivity contribution < 1.29 is 29.7 Å². The van der Waals surface area contributed by atoms with Crippen LogP contribution in [-0.4, -0.2) is 43.0 Å². The molecule has 2 rings (SSSR count). The molecule has 30 heavy (non-hydrogen) atoms. The summed E-state index contributed by atoms with van der Waals surface area (Å²) < 4.78 is 5.23. The van der Waals surface area contributed by atoms with E-state index >= 15 is 0 Å². The summed E-state index contributed by atoms with van der Waals surface area (Å²) in [6, 6.07) is 10.3. The normalized spacial score (nSPS) is 11.4. The molecule has 2 aromatic carbocycles.